The van der Waals surface area contributed by atoms with Gasteiger partial charge in [-0.15, -0.1) is 0 Å². The zero-order valence-electron chi connectivity index (χ0n) is 6.38. The lowest BCUT2D eigenvalue weighted by Gasteiger charge is -2.21. The normalized spacial score (nSPS) is 45.7. The largest absolute Gasteiger partial charge is 0.435 e. The van der Waals surface area contributed by atoms with Crippen molar-refractivity contribution in [3.63, 3.8) is 0 Å². The maximum atomic E-state index is 11.0. The first-order chi connectivity index (χ1) is 5.68. The van der Waals surface area contributed by atoms with Gasteiger partial charge in [-0.2, -0.15) is 0 Å². The van der Waals surface area contributed by atoms with Crippen molar-refractivity contribution in [3.05, 3.63) is 12.2 Å². The second-order valence-electron chi connectivity index (χ2n) is 3.21. The van der Waals surface area contributed by atoms with E-state index in [0.29, 0.717) is 6.42 Å². The molecule has 1 aliphatic heterocycles. The molecule has 0 unspecified atom stereocenters. The van der Waals surface area contributed by atoms with Gasteiger partial charge in [-0.25, -0.2) is 0 Å². The maximum Gasteiger partial charge on any atom is 0.315 e. The average molecular weight is 170 g/mol. The predicted octanol–water partition coefficient (Wildman–Crippen LogP) is -0.585. The van der Waals surface area contributed by atoms with Crippen molar-refractivity contribution < 1.29 is 19.7 Å². The molecule has 4 nitrogen and oxygen atoms in total. The van der Waals surface area contributed by atoms with E-state index < -0.39 is 18.4 Å². The molecule has 1 fully saturated rings. The van der Waals surface area contributed by atoms with E-state index in [-0.39, 0.29) is 11.8 Å². The van der Waals surface area contributed by atoms with Crippen molar-refractivity contribution in [3.8, 4) is 0 Å². The van der Waals surface area contributed by atoms with Crippen molar-refractivity contribution in [2.45, 2.75) is 18.8 Å². The number of ether oxygens (including phenoxy) is 1. The highest BCUT2D eigenvalue weighted by molar-refractivity contribution is 5.77. The average Bonchev–Trinajstić information content (AvgIpc) is 2.28. The van der Waals surface area contributed by atoms with E-state index in [1.54, 1.807) is 12.2 Å². The fourth-order valence-electron chi connectivity index (χ4n) is 1.73. The summed E-state index contributed by atoms with van der Waals surface area (Å²) in [4.78, 5) is 11.0. The molecule has 66 valence electrons. The lowest BCUT2D eigenvalue weighted by atomic mass is 9.84. The van der Waals surface area contributed by atoms with Gasteiger partial charge in [0.25, 0.3) is 0 Å². The minimum atomic E-state index is -1.04. The first kappa shape index (κ1) is 7.76. The van der Waals surface area contributed by atoms with E-state index in [1.807, 2.05) is 0 Å². The smallest absolute Gasteiger partial charge is 0.315 e. The molecule has 0 aromatic rings. The third-order valence-electron chi connectivity index (χ3n) is 2.39. The van der Waals surface area contributed by atoms with E-state index in [9.17, 15) is 15.0 Å². The van der Waals surface area contributed by atoms with Gasteiger partial charge in [0.1, 0.15) is 0 Å². The summed E-state index contributed by atoms with van der Waals surface area (Å²) < 4.78 is 4.61. The molecule has 0 bridgehead atoms. The molecule has 2 rings (SSSR count). The van der Waals surface area contributed by atoms with Crippen molar-refractivity contribution in [2.75, 3.05) is 0 Å². The van der Waals surface area contributed by atoms with Crippen LogP contribution in [-0.2, 0) is 9.53 Å². The van der Waals surface area contributed by atoms with Gasteiger partial charge in [0.05, 0.1) is 12.0 Å². The van der Waals surface area contributed by atoms with Crippen molar-refractivity contribution >= 4 is 5.97 Å². The van der Waals surface area contributed by atoms with Gasteiger partial charge in [0.15, 0.2) is 0 Å². The molecule has 0 aromatic heterocycles. The molecule has 0 aromatic carbocycles. The van der Waals surface area contributed by atoms with Gasteiger partial charge in [-0.05, 0) is 6.42 Å². The lowest BCUT2D eigenvalue weighted by Crippen LogP contribution is -2.27. The molecule has 0 saturated carbocycles. The molecule has 0 spiro atoms. The summed E-state index contributed by atoms with van der Waals surface area (Å²) in [6.07, 6.45) is 1.98. The van der Waals surface area contributed by atoms with E-state index >= 15 is 0 Å². The molecule has 1 heterocycles. The summed E-state index contributed by atoms with van der Waals surface area (Å²) in [5.41, 5.74) is 0. The molecule has 0 radical (unpaired) electrons. The van der Waals surface area contributed by atoms with Crippen LogP contribution in [0.1, 0.15) is 6.42 Å². The number of hydrogen-bond acceptors (Lipinski definition) is 4. The van der Waals surface area contributed by atoms with Crippen LogP contribution in [-0.4, -0.2) is 28.6 Å². The van der Waals surface area contributed by atoms with Crippen LogP contribution in [0.15, 0.2) is 12.2 Å². The summed E-state index contributed by atoms with van der Waals surface area (Å²) in [6, 6.07) is 0. The quantitative estimate of drug-likeness (QED) is 0.377. The fraction of sp³-hybridized carbons (Fsp3) is 0.625. The molecule has 4 heteroatoms. The van der Waals surface area contributed by atoms with Crippen LogP contribution >= 0.6 is 0 Å². The fourth-order valence-corrected chi connectivity index (χ4v) is 1.73. The third-order valence-corrected chi connectivity index (χ3v) is 2.39. The number of cyclic esters (lactones) is 1. The van der Waals surface area contributed by atoms with Crippen molar-refractivity contribution in [2.24, 2.45) is 11.8 Å². The molecule has 4 atom stereocenters. The Hall–Kier alpha value is -0.870. The zero-order chi connectivity index (χ0) is 8.72. The van der Waals surface area contributed by atoms with E-state index in [2.05, 4.69) is 4.74 Å². The second kappa shape index (κ2) is 2.57. The Bertz CT molecular complexity index is 235. The minimum Gasteiger partial charge on any atom is -0.435 e. The van der Waals surface area contributed by atoms with Gasteiger partial charge in [-0.1, -0.05) is 12.2 Å². The number of carbonyl (C=O) groups is 1. The highest BCUT2D eigenvalue weighted by atomic mass is 16.6. The molecule has 0 amide bonds. The summed E-state index contributed by atoms with van der Waals surface area (Å²) >= 11 is 0. The van der Waals surface area contributed by atoms with Gasteiger partial charge in [0.2, 0.25) is 6.29 Å². The first-order valence-corrected chi connectivity index (χ1v) is 3.93. The van der Waals surface area contributed by atoms with E-state index in [4.69, 9.17) is 0 Å². The number of fused-ring (bicyclic) bond motifs is 1. The Balaban J connectivity index is 2.23. The van der Waals surface area contributed by atoms with Crippen LogP contribution in [0.25, 0.3) is 0 Å². The molecule has 12 heavy (non-hydrogen) atoms. The number of rotatable bonds is 0. The Morgan fingerprint density at radius 1 is 1.42 bits per heavy atom. The summed E-state index contributed by atoms with van der Waals surface area (Å²) in [7, 11) is 0. The van der Waals surface area contributed by atoms with Crippen molar-refractivity contribution in [1.29, 1.82) is 0 Å². The predicted molar refractivity (Wildman–Crippen MR) is 38.8 cm³/mol. The van der Waals surface area contributed by atoms with Crippen LogP contribution in [0.4, 0.5) is 0 Å². The molecule has 2 aliphatic rings. The van der Waals surface area contributed by atoms with Gasteiger partial charge >= 0.3 is 5.97 Å². The monoisotopic (exact) mass is 170 g/mol. The van der Waals surface area contributed by atoms with Crippen LogP contribution in [0.5, 0.6) is 0 Å². The first-order valence-electron chi connectivity index (χ1n) is 3.93. The highest BCUT2D eigenvalue weighted by Crippen LogP contribution is 2.34. The Labute approximate surface area is 69.5 Å². The SMILES string of the molecule is O=C1O[C@@H](O)[C@@H]2C[C@@H](O)C=C[C@H]12. The number of hydrogen-bond donors (Lipinski definition) is 2. The van der Waals surface area contributed by atoms with Gasteiger partial charge in [-0.3, -0.25) is 4.79 Å². The molecular weight excluding hydrogens is 160 g/mol. The second-order valence-corrected chi connectivity index (χ2v) is 3.21. The highest BCUT2D eigenvalue weighted by Gasteiger charge is 2.44. The van der Waals surface area contributed by atoms with Crippen LogP contribution in [0, 0.1) is 11.8 Å². The number of esters is 1. The Morgan fingerprint density at radius 2 is 2.17 bits per heavy atom. The number of aliphatic hydroxyl groups is 2. The molecule has 2 N–H and O–H groups in total. The Morgan fingerprint density at radius 3 is 2.92 bits per heavy atom. The molecule has 1 saturated heterocycles. The standard InChI is InChI=1S/C8H10O4/c9-4-1-2-5-6(3-4)8(11)12-7(5)10/h1-2,4-6,8-9,11H,3H2/t4-,5-,6+,8+/m0/s1. The number of aliphatic hydroxyl groups excluding tert-OH is 2. The number of carbonyl (C=O) groups excluding carboxylic acids is 1. The third kappa shape index (κ3) is 1.04. The minimum absolute atomic E-state index is 0.266. The topological polar surface area (TPSA) is 66.8 Å². The Kier molecular flexibility index (Phi) is 1.66. The van der Waals surface area contributed by atoms with Crippen LogP contribution in [0.2, 0.25) is 0 Å². The van der Waals surface area contributed by atoms with Gasteiger partial charge < -0.3 is 14.9 Å². The molecule has 1 aliphatic carbocycles. The zero-order valence-corrected chi connectivity index (χ0v) is 6.38. The van der Waals surface area contributed by atoms with Gasteiger partial charge in [0, 0.05) is 5.92 Å². The summed E-state index contributed by atoms with van der Waals surface area (Å²) in [5, 5.41) is 18.4. The maximum absolute atomic E-state index is 11.0. The summed E-state index contributed by atoms with van der Waals surface area (Å²) in [5.74, 6) is -1.02. The van der Waals surface area contributed by atoms with Crippen LogP contribution < -0.4 is 0 Å². The van der Waals surface area contributed by atoms with E-state index in [0.717, 1.165) is 0 Å². The lowest BCUT2D eigenvalue weighted by molar-refractivity contribution is -0.156. The van der Waals surface area contributed by atoms with E-state index in [1.165, 1.54) is 0 Å². The van der Waals surface area contributed by atoms with Crippen LogP contribution in [0.3, 0.4) is 0 Å². The van der Waals surface area contributed by atoms with Crippen molar-refractivity contribution in [1.82, 2.24) is 0 Å². The summed E-state index contributed by atoms with van der Waals surface area (Å²) in [6.45, 7) is 0. The molecular formula is C8H10O4.